The van der Waals surface area contributed by atoms with Gasteiger partial charge in [-0.15, -0.1) is 0 Å². The third kappa shape index (κ3) is 1.95. The quantitative estimate of drug-likeness (QED) is 0.900. The fourth-order valence-electron chi connectivity index (χ4n) is 1.09. The molecule has 74 valence electrons. The molecule has 0 saturated carbocycles. The number of furan rings is 1. The first-order valence-electron chi connectivity index (χ1n) is 3.83. The molecule has 0 spiro atoms. The van der Waals surface area contributed by atoms with Crippen LogP contribution < -0.4 is 0 Å². The van der Waals surface area contributed by atoms with E-state index in [0.717, 1.165) is 10.0 Å². The Hall–Kier alpha value is -0.100. The zero-order valence-corrected chi connectivity index (χ0v) is 10.9. The van der Waals surface area contributed by atoms with E-state index in [9.17, 15) is 5.11 Å². The van der Waals surface area contributed by atoms with Gasteiger partial charge in [-0.3, -0.25) is 0 Å². The second-order valence-corrected chi connectivity index (χ2v) is 5.08. The predicted molar refractivity (Wildman–Crippen MR) is 62.5 cm³/mol. The molecule has 0 aromatic carbocycles. The van der Waals surface area contributed by atoms with Gasteiger partial charge in [-0.05, 0) is 60.3 Å². The Balaban J connectivity index is 2.32. The first-order valence-corrected chi connectivity index (χ1v) is 6.36. The molecule has 2 aromatic rings. The average Bonchev–Trinajstić information content (AvgIpc) is 2.76. The Bertz CT molecular complexity index is 402. The summed E-state index contributed by atoms with van der Waals surface area (Å²) in [5, 5.41) is 13.7. The summed E-state index contributed by atoms with van der Waals surface area (Å²) in [7, 11) is 0. The maximum Gasteiger partial charge on any atom is 0.183 e. The van der Waals surface area contributed by atoms with Gasteiger partial charge in [0.05, 0.1) is 4.47 Å². The van der Waals surface area contributed by atoms with Crippen LogP contribution in [0.25, 0.3) is 0 Å². The highest BCUT2D eigenvalue weighted by Gasteiger charge is 2.16. The fraction of sp³-hybridized carbons (Fsp3) is 0.111. The van der Waals surface area contributed by atoms with Crippen molar-refractivity contribution in [3.05, 3.63) is 43.4 Å². The molecule has 2 rings (SSSR count). The Kier molecular flexibility index (Phi) is 3.11. The molecule has 0 radical (unpaired) electrons. The van der Waals surface area contributed by atoms with Crippen molar-refractivity contribution in [3.63, 3.8) is 0 Å². The molecule has 2 nitrogen and oxygen atoms in total. The number of aliphatic hydroxyl groups is 1. The smallest absolute Gasteiger partial charge is 0.183 e. The topological polar surface area (TPSA) is 33.4 Å². The lowest BCUT2D eigenvalue weighted by atomic mass is 10.1. The number of aliphatic hydroxyl groups excluding tert-OH is 1. The second-order valence-electron chi connectivity index (χ2n) is 2.73. The van der Waals surface area contributed by atoms with Crippen molar-refractivity contribution in [1.82, 2.24) is 0 Å². The minimum Gasteiger partial charge on any atom is -0.450 e. The summed E-state index contributed by atoms with van der Waals surface area (Å²) >= 11 is 8.07. The van der Waals surface area contributed by atoms with E-state index in [1.54, 1.807) is 17.4 Å². The largest absolute Gasteiger partial charge is 0.450 e. The number of hydrogen-bond acceptors (Lipinski definition) is 3. The van der Waals surface area contributed by atoms with Crippen LogP contribution in [0.4, 0.5) is 0 Å². The number of hydrogen-bond donors (Lipinski definition) is 1. The highest BCUT2D eigenvalue weighted by Crippen LogP contribution is 2.32. The molecule has 0 aliphatic rings. The van der Waals surface area contributed by atoms with Crippen molar-refractivity contribution in [3.8, 4) is 0 Å². The van der Waals surface area contributed by atoms with Gasteiger partial charge >= 0.3 is 0 Å². The molecule has 1 atom stereocenters. The molecule has 0 bridgehead atoms. The summed E-state index contributed by atoms with van der Waals surface area (Å²) in [6.45, 7) is 0. The van der Waals surface area contributed by atoms with E-state index in [1.807, 2.05) is 16.8 Å². The molecule has 0 amide bonds. The summed E-state index contributed by atoms with van der Waals surface area (Å²) in [6.07, 6.45) is -0.691. The van der Waals surface area contributed by atoms with E-state index in [-0.39, 0.29) is 0 Å². The second kappa shape index (κ2) is 4.18. The van der Waals surface area contributed by atoms with E-state index >= 15 is 0 Å². The van der Waals surface area contributed by atoms with Gasteiger partial charge in [-0.2, -0.15) is 11.3 Å². The lowest BCUT2D eigenvalue weighted by Crippen LogP contribution is -1.94. The highest BCUT2D eigenvalue weighted by molar-refractivity contribution is 9.13. The van der Waals surface area contributed by atoms with Crippen molar-refractivity contribution in [2.24, 2.45) is 0 Å². The van der Waals surface area contributed by atoms with Crippen LogP contribution >= 0.6 is 43.2 Å². The van der Waals surface area contributed by atoms with Crippen molar-refractivity contribution >= 4 is 43.2 Å². The van der Waals surface area contributed by atoms with Gasteiger partial charge in [0, 0.05) is 0 Å². The standard InChI is InChI=1S/C9H6Br2O2S/c10-6-3-7(13-9(6)11)8(12)5-1-2-14-4-5/h1-4,8,12H. The maximum absolute atomic E-state index is 9.89. The first kappa shape index (κ1) is 10.4. The van der Waals surface area contributed by atoms with Crippen LogP contribution in [0.5, 0.6) is 0 Å². The number of thiophene rings is 1. The van der Waals surface area contributed by atoms with Gasteiger partial charge in [-0.25, -0.2) is 0 Å². The zero-order chi connectivity index (χ0) is 10.1. The number of rotatable bonds is 2. The Morgan fingerprint density at radius 3 is 2.71 bits per heavy atom. The van der Waals surface area contributed by atoms with Crippen LogP contribution in [-0.4, -0.2) is 5.11 Å². The molecule has 1 unspecified atom stereocenters. The third-order valence-corrected chi connectivity index (χ3v) is 4.20. The lowest BCUT2D eigenvalue weighted by molar-refractivity contribution is 0.188. The molecule has 0 aliphatic carbocycles. The summed E-state index contributed by atoms with van der Waals surface area (Å²) < 4.78 is 6.73. The third-order valence-electron chi connectivity index (χ3n) is 1.79. The normalized spacial score (nSPS) is 13.1. The Morgan fingerprint density at radius 1 is 1.43 bits per heavy atom. The fourth-order valence-corrected chi connectivity index (χ4v) is 2.38. The highest BCUT2D eigenvalue weighted by atomic mass is 79.9. The molecule has 0 aliphatic heterocycles. The van der Waals surface area contributed by atoms with Crippen LogP contribution in [0.1, 0.15) is 17.4 Å². The van der Waals surface area contributed by atoms with E-state index in [1.165, 1.54) is 0 Å². The molecular weight excluding hydrogens is 332 g/mol. The molecule has 5 heteroatoms. The molecule has 14 heavy (non-hydrogen) atoms. The van der Waals surface area contributed by atoms with Crippen LogP contribution in [0.3, 0.4) is 0 Å². The molecule has 2 aromatic heterocycles. The minimum atomic E-state index is -0.691. The van der Waals surface area contributed by atoms with Crippen LogP contribution in [0.15, 0.2) is 36.5 Å². The SMILES string of the molecule is OC(c1ccsc1)c1cc(Br)c(Br)o1. The average molecular weight is 338 g/mol. The Morgan fingerprint density at radius 2 is 2.21 bits per heavy atom. The summed E-state index contributed by atoms with van der Waals surface area (Å²) in [5.41, 5.74) is 0.851. The lowest BCUT2D eigenvalue weighted by Gasteiger charge is -2.03. The van der Waals surface area contributed by atoms with Crippen molar-refractivity contribution in [2.45, 2.75) is 6.10 Å². The van der Waals surface area contributed by atoms with Crippen LogP contribution in [0.2, 0.25) is 0 Å². The van der Waals surface area contributed by atoms with Gasteiger partial charge in [0.15, 0.2) is 4.67 Å². The molecular formula is C9H6Br2O2S. The zero-order valence-electron chi connectivity index (χ0n) is 6.91. The number of halogens is 2. The monoisotopic (exact) mass is 336 g/mol. The van der Waals surface area contributed by atoms with Crippen molar-refractivity contribution in [2.75, 3.05) is 0 Å². The van der Waals surface area contributed by atoms with E-state index in [2.05, 4.69) is 31.9 Å². The molecule has 2 heterocycles. The van der Waals surface area contributed by atoms with Gasteiger partial charge in [0.2, 0.25) is 0 Å². The van der Waals surface area contributed by atoms with Crippen molar-refractivity contribution in [1.29, 1.82) is 0 Å². The summed E-state index contributed by atoms with van der Waals surface area (Å²) in [5.74, 6) is 0.530. The molecule has 0 saturated heterocycles. The maximum atomic E-state index is 9.89. The minimum absolute atomic E-state index is 0.530. The van der Waals surface area contributed by atoms with Gasteiger partial charge in [0.25, 0.3) is 0 Å². The van der Waals surface area contributed by atoms with Crippen LogP contribution in [0, 0.1) is 0 Å². The summed E-state index contributed by atoms with van der Waals surface area (Å²) in [4.78, 5) is 0. The van der Waals surface area contributed by atoms with E-state index in [4.69, 9.17) is 4.42 Å². The first-order chi connectivity index (χ1) is 6.68. The Labute approximate surface area is 102 Å². The predicted octanol–water partition coefficient (Wildman–Crippen LogP) is 3.95. The molecule has 0 fully saturated rings. The van der Waals surface area contributed by atoms with Crippen molar-refractivity contribution < 1.29 is 9.52 Å². The van der Waals surface area contributed by atoms with E-state index in [0.29, 0.717) is 10.4 Å². The van der Waals surface area contributed by atoms with Crippen LogP contribution in [-0.2, 0) is 0 Å². The van der Waals surface area contributed by atoms with Gasteiger partial charge < -0.3 is 9.52 Å². The summed E-state index contributed by atoms with van der Waals surface area (Å²) in [6, 6.07) is 3.63. The van der Waals surface area contributed by atoms with E-state index < -0.39 is 6.10 Å². The molecule has 1 N–H and O–H groups in total. The van der Waals surface area contributed by atoms with Gasteiger partial charge in [0.1, 0.15) is 11.9 Å². The van der Waals surface area contributed by atoms with Gasteiger partial charge in [-0.1, -0.05) is 0 Å².